The molecule has 0 saturated carbocycles. The Morgan fingerprint density at radius 3 is 2.53 bits per heavy atom. The summed E-state index contributed by atoms with van der Waals surface area (Å²) in [5.41, 5.74) is 0. The highest BCUT2D eigenvalue weighted by Gasteiger charge is 2.19. The molecule has 0 aromatic rings. The Labute approximate surface area is 104 Å². The lowest BCUT2D eigenvalue weighted by Crippen LogP contribution is -2.30. The smallest absolute Gasteiger partial charge is 0.307 e. The molecule has 17 heavy (non-hydrogen) atoms. The first-order chi connectivity index (χ1) is 7.82. The van der Waals surface area contributed by atoms with Crippen molar-refractivity contribution in [3.63, 3.8) is 0 Å². The highest BCUT2D eigenvalue weighted by Crippen LogP contribution is 2.21. The van der Waals surface area contributed by atoms with E-state index >= 15 is 0 Å². The van der Waals surface area contributed by atoms with Gasteiger partial charge in [0.15, 0.2) is 0 Å². The fourth-order valence-corrected chi connectivity index (χ4v) is 2.21. The molecule has 1 unspecified atom stereocenters. The number of carbonyl (C=O) groups is 1. The molecule has 100 valence electrons. The third-order valence-electron chi connectivity index (χ3n) is 2.04. The largest absolute Gasteiger partial charge is 0.481 e. The predicted molar refractivity (Wildman–Crippen MR) is 65.1 cm³/mol. The van der Waals surface area contributed by atoms with E-state index in [2.05, 4.69) is 5.32 Å². The Morgan fingerprint density at radius 2 is 2.12 bits per heavy atom. The number of aliphatic carboxylic acids is 1. The molecular weight excluding hydrogens is 250 g/mol. The minimum Gasteiger partial charge on any atom is -0.481 e. The summed E-state index contributed by atoms with van der Waals surface area (Å²) in [6.45, 7) is 3.34. The van der Waals surface area contributed by atoms with Crippen molar-refractivity contribution in [3.8, 4) is 0 Å². The SMILES string of the molecule is CC(=N)NCC(CC(F)F)SC[C@@H](C)C(=O)O. The summed E-state index contributed by atoms with van der Waals surface area (Å²) in [6, 6.07) is 0. The van der Waals surface area contributed by atoms with Crippen molar-refractivity contribution >= 4 is 23.6 Å². The normalized spacial score (nSPS) is 14.4. The number of hydrogen-bond donors (Lipinski definition) is 3. The Balaban J connectivity index is 4.09. The van der Waals surface area contributed by atoms with Crippen molar-refractivity contribution in [2.45, 2.75) is 31.9 Å². The topological polar surface area (TPSA) is 73.2 Å². The molecule has 0 aliphatic heterocycles. The molecule has 0 fully saturated rings. The standard InChI is InChI=1S/C10H18F2N2O2S/c1-6(10(15)16)5-17-8(3-9(11)12)4-14-7(2)13/h6,8-9H,3-5H2,1-2H3,(H2,13,14)(H,15,16)/t6-,8?/m1/s1. The van der Waals surface area contributed by atoms with Gasteiger partial charge >= 0.3 is 5.97 Å². The average Bonchev–Trinajstić information content (AvgIpc) is 2.20. The van der Waals surface area contributed by atoms with Gasteiger partial charge in [-0.15, -0.1) is 0 Å². The average molecular weight is 268 g/mol. The molecule has 0 aromatic heterocycles. The van der Waals surface area contributed by atoms with Gasteiger partial charge in [-0.2, -0.15) is 11.8 Å². The highest BCUT2D eigenvalue weighted by molar-refractivity contribution is 7.99. The maximum atomic E-state index is 12.3. The lowest BCUT2D eigenvalue weighted by atomic mass is 10.2. The van der Waals surface area contributed by atoms with Gasteiger partial charge in [-0.1, -0.05) is 6.92 Å². The second-order valence-corrected chi connectivity index (χ2v) is 5.16. The Kier molecular flexibility index (Phi) is 7.86. The Bertz CT molecular complexity index is 265. The molecule has 2 atom stereocenters. The molecule has 7 heteroatoms. The molecule has 0 heterocycles. The van der Waals surface area contributed by atoms with Gasteiger partial charge in [0.05, 0.1) is 11.8 Å². The summed E-state index contributed by atoms with van der Waals surface area (Å²) in [5.74, 6) is -0.965. The fraction of sp³-hybridized carbons (Fsp3) is 0.800. The second kappa shape index (κ2) is 8.27. The molecular formula is C10H18F2N2O2S. The molecule has 0 saturated heterocycles. The molecule has 0 aromatic carbocycles. The minimum absolute atomic E-state index is 0.219. The second-order valence-electron chi connectivity index (χ2n) is 3.83. The maximum Gasteiger partial charge on any atom is 0.307 e. The monoisotopic (exact) mass is 268 g/mol. The number of amidine groups is 1. The molecule has 0 aliphatic rings. The van der Waals surface area contributed by atoms with E-state index in [1.54, 1.807) is 6.92 Å². The third-order valence-corrected chi connectivity index (χ3v) is 3.56. The summed E-state index contributed by atoms with van der Waals surface area (Å²) in [6.07, 6.45) is -2.71. The molecule has 0 radical (unpaired) electrons. The maximum absolute atomic E-state index is 12.3. The van der Waals surface area contributed by atoms with Crippen molar-refractivity contribution in [2.24, 2.45) is 5.92 Å². The van der Waals surface area contributed by atoms with Crippen LogP contribution in [-0.2, 0) is 4.79 Å². The first-order valence-electron chi connectivity index (χ1n) is 5.24. The van der Waals surface area contributed by atoms with Gasteiger partial charge < -0.3 is 10.4 Å². The minimum atomic E-state index is -2.42. The van der Waals surface area contributed by atoms with E-state index < -0.39 is 18.3 Å². The summed E-state index contributed by atoms with van der Waals surface area (Å²) >= 11 is 1.21. The van der Waals surface area contributed by atoms with E-state index in [-0.39, 0.29) is 24.1 Å². The molecule has 0 spiro atoms. The van der Waals surface area contributed by atoms with Gasteiger partial charge in [0.2, 0.25) is 6.43 Å². The number of nitrogens with one attached hydrogen (secondary N) is 2. The van der Waals surface area contributed by atoms with E-state index in [0.29, 0.717) is 5.75 Å². The molecule has 0 bridgehead atoms. The zero-order valence-corrected chi connectivity index (χ0v) is 10.7. The number of carboxylic acids is 1. The van der Waals surface area contributed by atoms with Crippen LogP contribution in [0.4, 0.5) is 8.78 Å². The van der Waals surface area contributed by atoms with Crippen LogP contribution in [0, 0.1) is 11.3 Å². The zero-order chi connectivity index (χ0) is 13.4. The Morgan fingerprint density at radius 1 is 1.53 bits per heavy atom. The Hall–Kier alpha value is -0.850. The molecule has 0 rings (SSSR count). The van der Waals surface area contributed by atoms with Gasteiger partial charge in [-0.25, -0.2) is 8.78 Å². The van der Waals surface area contributed by atoms with Gasteiger partial charge in [0.25, 0.3) is 0 Å². The van der Waals surface area contributed by atoms with Crippen LogP contribution < -0.4 is 5.32 Å². The number of thioether (sulfide) groups is 1. The molecule has 3 N–H and O–H groups in total. The van der Waals surface area contributed by atoms with Crippen LogP contribution in [0.2, 0.25) is 0 Å². The van der Waals surface area contributed by atoms with E-state index in [1.807, 2.05) is 0 Å². The molecule has 0 aliphatic carbocycles. The van der Waals surface area contributed by atoms with Crippen LogP contribution in [0.3, 0.4) is 0 Å². The van der Waals surface area contributed by atoms with Gasteiger partial charge in [-0.05, 0) is 6.92 Å². The quantitative estimate of drug-likeness (QED) is 0.465. The number of halogens is 2. The fourth-order valence-electron chi connectivity index (χ4n) is 1.03. The summed E-state index contributed by atoms with van der Waals surface area (Å²) < 4.78 is 24.6. The molecule has 4 nitrogen and oxygen atoms in total. The third kappa shape index (κ3) is 8.91. The summed E-state index contributed by atoms with van der Waals surface area (Å²) in [7, 11) is 0. The van der Waals surface area contributed by atoms with E-state index in [1.165, 1.54) is 18.7 Å². The molecule has 0 amide bonds. The van der Waals surface area contributed by atoms with Crippen LogP contribution >= 0.6 is 11.8 Å². The first-order valence-corrected chi connectivity index (χ1v) is 6.29. The van der Waals surface area contributed by atoms with E-state index in [9.17, 15) is 13.6 Å². The number of carboxylic acid groups (broad SMARTS) is 1. The first kappa shape index (κ1) is 16.1. The number of alkyl halides is 2. The zero-order valence-electron chi connectivity index (χ0n) is 9.87. The van der Waals surface area contributed by atoms with Crippen LogP contribution in [0.5, 0.6) is 0 Å². The van der Waals surface area contributed by atoms with Gasteiger partial charge in [0, 0.05) is 24.0 Å². The van der Waals surface area contributed by atoms with Crippen molar-refractivity contribution in [2.75, 3.05) is 12.3 Å². The predicted octanol–water partition coefficient (Wildman–Crippen LogP) is 2.05. The van der Waals surface area contributed by atoms with Crippen molar-refractivity contribution in [1.29, 1.82) is 5.41 Å². The van der Waals surface area contributed by atoms with Crippen LogP contribution in [0.25, 0.3) is 0 Å². The van der Waals surface area contributed by atoms with E-state index in [4.69, 9.17) is 10.5 Å². The van der Waals surface area contributed by atoms with Crippen LogP contribution in [0.15, 0.2) is 0 Å². The number of hydrogen-bond acceptors (Lipinski definition) is 3. The number of rotatable bonds is 8. The van der Waals surface area contributed by atoms with Gasteiger partial charge in [0.1, 0.15) is 0 Å². The van der Waals surface area contributed by atoms with Gasteiger partial charge in [-0.3, -0.25) is 10.2 Å². The lowest BCUT2D eigenvalue weighted by molar-refractivity contribution is -0.140. The summed E-state index contributed by atoms with van der Waals surface area (Å²) in [5, 5.41) is 18.1. The van der Waals surface area contributed by atoms with E-state index in [0.717, 1.165) is 0 Å². The van der Waals surface area contributed by atoms with Crippen molar-refractivity contribution in [3.05, 3.63) is 0 Å². The van der Waals surface area contributed by atoms with Crippen molar-refractivity contribution < 1.29 is 18.7 Å². The summed E-state index contributed by atoms with van der Waals surface area (Å²) in [4.78, 5) is 10.6. The van der Waals surface area contributed by atoms with Crippen molar-refractivity contribution in [1.82, 2.24) is 5.32 Å². The lowest BCUT2D eigenvalue weighted by Gasteiger charge is -2.18. The van der Waals surface area contributed by atoms with Crippen LogP contribution in [0.1, 0.15) is 20.3 Å². The van der Waals surface area contributed by atoms with Crippen LogP contribution in [-0.4, -0.2) is 40.9 Å². The highest BCUT2D eigenvalue weighted by atomic mass is 32.2.